The van der Waals surface area contributed by atoms with E-state index in [9.17, 15) is 18.0 Å². The highest BCUT2D eigenvalue weighted by Crippen LogP contribution is 2.34. The van der Waals surface area contributed by atoms with E-state index in [1.807, 2.05) is 33.7 Å². The minimum Gasteiger partial charge on any atom is -0.495 e. The number of anilines is 1. The minimum absolute atomic E-state index is 0.0497. The molecule has 0 N–H and O–H groups in total. The summed E-state index contributed by atoms with van der Waals surface area (Å²) in [5.74, 6) is 1.46. The number of aryl methyl sites for hydroxylation is 1. The Labute approximate surface area is 201 Å². The van der Waals surface area contributed by atoms with Gasteiger partial charge in [-0.1, -0.05) is 30.3 Å². The molecule has 1 aromatic heterocycles. The SMILES string of the molecule is COc1ccccc1N1CCN(C(=O)c2cn3c(n2)CC[C@H](c2cccc(C(F)(F)F)c2)C3)CC1. The van der Waals surface area contributed by atoms with E-state index in [4.69, 9.17) is 4.74 Å². The van der Waals surface area contributed by atoms with Crippen LogP contribution in [0, 0.1) is 0 Å². The Bertz CT molecular complexity index is 1220. The summed E-state index contributed by atoms with van der Waals surface area (Å²) in [6, 6.07) is 13.4. The Morgan fingerprint density at radius 3 is 2.57 bits per heavy atom. The number of hydrogen-bond donors (Lipinski definition) is 0. The number of imidazole rings is 1. The number of rotatable bonds is 4. The van der Waals surface area contributed by atoms with Gasteiger partial charge in [-0.2, -0.15) is 13.2 Å². The maximum Gasteiger partial charge on any atom is 0.416 e. The molecule has 35 heavy (non-hydrogen) atoms. The summed E-state index contributed by atoms with van der Waals surface area (Å²) in [7, 11) is 1.65. The molecular formula is C26H27F3N4O2. The van der Waals surface area contributed by atoms with Crippen LogP contribution in [0.1, 0.15) is 39.8 Å². The molecule has 1 fully saturated rings. The number of methoxy groups -OCH3 is 1. The van der Waals surface area contributed by atoms with Gasteiger partial charge in [-0.05, 0) is 30.2 Å². The van der Waals surface area contributed by atoms with Gasteiger partial charge in [-0.15, -0.1) is 0 Å². The molecule has 0 aliphatic carbocycles. The molecule has 3 heterocycles. The van der Waals surface area contributed by atoms with Crippen LogP contribution in [0.4, 0.5) is 18.9 Å². The van der Waals surface area contributed by atoms with Gasteiger partial charge in [0.25, 0.3) is 5.91 Å². The third kappa shape index (κ3) is 4.72. The van der Waals surface area contributed by atoms with Crippen molar-refractivity contribution in [3.63, 3.8) is 0 Å². The maximum absolute atomic E-state index is 13.2. The number of para-hydroxylation sites is 2. The maximum atomic E-state index is 13.2. The first kappa shape index (κ1) is 23.3. The highest BCUT2D eigenvalue weighted by atomic mass is 19.4. The van der Waals surface area contributed by atoms with Gasteiger partial charge in [-0.25, -0.2) is 4.98 Å². The lowest BCUT2D eigenvalue weighted by molar-refractivity contribution is -0.137. The lowest BCUT2D eigenvalue weighted by Crippen LogP contribution is -2.49. The highest BCUT2D eigenvalue weighted by Gasteiger charge is 2.32. The van der Waals surface area contributed by atoms with Gasteiger partial charge in [0.2, 0.25) is 0 Å². The first-order chi connectivity index (χ1) is 16.8. The molecule has 2 aromatic carbocycles. The fourth-order valence-electron chi connectivity index (χ4n) is 4.99. The molecule has 1 atom stereocenters. The number of aromatic nitrogens is 2. The van der Waals surface area contributed by atoms with E-state index in [0.29, 0.717) is 56.8 Å². The molecule has 0 saturated carbocycles. The summed E-state index contributed by atoms with van der Waals surface area (Å²) < 4.78 is 46.8. The molecule has 2 aliphatic rings. The normalized spacial score (nSPS) is 18.3. The van der Waals surface area contributed by atoms with Crippen molar-refractivity contribution < 1.29 is 22.7 Å². The second kappa shape index (κ2) is 9.28. The van der Waals surface area contributed by atoms with Crippen LogP contribution in [0.15, 0.2) is 54.7 Å². The van der Waals surface area contributed by atoms with Crippen LogP contribution in [0.25, 0.3) is 0 Å². The molecule has 0 bridgehead atoms. The number of halogens is 3. The first-order valence-electron chi connectivity index (χ1n) is 11.7. The Balaban J connectivity index is 1.25. The average molecular weight is 485 g/mol. The van der Waals surface area contributed by atoms with Crippen molar-refractivity contribution in [3.8, 4) is 5.75 Å². The number of fused-ring (bicyclic) bond motifs is 1. The molecule has 2 aliphatic heterocycles. The van der Waals surface area contributed by atoms with Crippen molar-refractivity contribution in [1.29, 1.82) is 0 Å². The number of carbonyl (C=O) groups excluding carboxylic acids is 1. The molecule has 0 unspecified atom stereocenters. The minimum atomic E-state index is -4.36. The van der Waals surface area contributed by atoms with E-state index in [1.165, 1.54) is 12.1 Å². The van der Waals surface area contributed by atoms with Crippen LogP contribution in [0.3, 0.4) is 0 Å². The number of ether oxygens (including phenoxy) is 1. The fourth-order valence-corrected chi connectivity index (χ4v) is 4.99. The Kier molecular flexibility index (Phi) is 6.17. The topological polar surface area (TPSA) is 50.6 Å². The monoisotopic (exact) mass is 484 g/mol. The largest absolute Gasteiger partial charge is 0.495 e. The van der Waals surface area contributed by atoms with E-state index in [2.05, 4.69) is 9.88 Å². The number of alkyl halides is 3. The van der Waals surface area contributed by atoms with Gasteiger partial charge >= 0.3 is 6.18 Å². The van der Waals surface area contributed by atoms with Crippen molar-refractivity contribution in [2.24, 2.45) is 0 Å². The summed E-state index contributed by atoms with van der Waals surface area (Å²) in [6.07, 6.45) is -1.29. The fraction of sp³-hybridized carbons (Fsp3) is 0.385. The second-order valence-electron chi connectivity index (χ2n) is 9.00. The van der Waals surface area contributed by atoms with Crippen molar-refractivity contribution in [2.45, 2.75) is 31.5 Å². The van der Waals surface area contributed by atoms with Crippen LogP contribution >= 0.6 is 0 Å². The average Bonchev–Trinajstić information content (AvgIpc) is 3.31. The smallest absolute Gasteiger partial charge is 0.416 e. The summed E-state index contributed by atoms with van der Waals surface area (Å²) in [5.41, 5.74) is 1.45. The number of carbonyl (C=O) groups is 1. The van der Waals surface area contributed by atoms with Crippen molar-refractivity contribution in [2.75, 3.05) is 38.2 Å². The zero-order valence-electron chi connectivity index (χ0n) is 19.5. The first-order valence-corrected chi connectivity index (χ1v) is 11.7. The predicted molar refractivity (Wildman–Crippen MR) is 126 cm³/mol. The van der Waals surface area contributed by atoms with Crippen molar-refractivity contribution in [1.82, 2.24) is 14.5 Å². The van der Waals surface area contributed by atoms with Gasteiger partial charge in [0.05, 0.1) is 18.4 Å². The van der Waals surface area contributed by atoms with Crippen LogP contribution in [0.5, 0.6) is 5.75 Å². The van der Waals surface area contributed by atoms with E-state index in [-0.39, 0.29) is 11.8 Å². The van der Waals surface area contributed by atoms with Gasteiger partial charge < -0.3 is 19.1 Å². The molecular weight excluding hydrogens is 457 g/mol. The zero-order chi connectivity index (χ0) is 24.6. The third-order valence-electron chi connectivity index (χ3n) is 6.89. The predicted octanol–water partition coefficient (Wildman–Crippen LogP) is 4.60. The molecule has 9 heteroatoms. The van der Waals surface area contributed by atoms with Gasteiger partial charge in [0.15, 0.2) is 0 Å². The summed E-state index contributed by atoms with van der Waals surface area (Å²) in [5, 5.41) is 0. The van der Waals surface area contributed by atoms with Crippen LogP contribution in [0.2, 0.25) is 0 Å². The Hall–Kier alpha value is -3.49. The second-order valence-corrected chi connectivity index (χ2v) is 9.00. The number of piperazine rings is 1. The molecule has 0 radical (unpaired) electrons. The summed E-state index contributed by atoms with van der Waals surface area (Å²) >= 11 is 0. The van der Waals surface area contributed by atoms with Gasteiger partial charge in [0, 0.05) is 51.3 Å². The highest BCUT2D eigenvalue weighted by molar-refractivity contribution is 5.92. The summed E-state index contributed by atoms with van der Waals surface area (Å²) in [4.78, 5) is 21.8. The quantitative estimate of drug-likeness (QED) is 0.543. The third-order valence-corrected chi connectivity index (χ3v) is 6.89. The summed E-state index contributed by atoms with van der Waals surface area (Å²) in [6.45, 7) is 3.05. The lowest BCUT2D eigenvalue weighted by Gasteiger charge is -2.36. The number of benzene rings is 2. The molecule has 6 nitrogen and oxygen atoms in total. The molecule has 1 saturated heterocycles. The molecule has 0 spiro atoms. The lowest BCUT2D eigenvalue weighted by atomic mass is 9.90. The van der Waals surface area contributed by atoms with E-state index in [0.717, 1.165) is 23.3 Å². The molecule has 184 valence electrons. The standard InChI is InChI=1S/C26H27F3N4O2/c1-35-23-8-3-2-7-22(23)31-11-13-32(14-12-31)25(34)21-17-33-16-19(9-10-24(33)30-21)18-5-4-6-20(15-18)26(27,28)29/h2-8,15,17,19H,9-14,16H2,1H3/t19-/m0/s1. The van der Waals surface area contributed by atoms with E-state index >= 15 is 0 Å². The molecule has 5 rings (SSSR count). The van der Waals surface area contributed by atoms with E-state index in [1.54, 1.807) is 19.4 Å². The van der Waals surface area contributed by atoms with Gasteiger partial charge in [0.1, 0.15) is 17.3 Å². The number of hydrogen-bond acceptors (Lipinski definition) is 4. The van der Waals surface area contributed by atoms with E-state index < -0.39 is 11.7 Å². The molecule has 1 amide bonds. The van der Waals surface area contributed by atoms with Gasteiger partial charge in [-0.3, -0.25) is 4.79 Å². The van der Waals surface area contributed by atoms with Crippen LogP contribution < -0.4 is 9.64 Å². The van der Waals surface area contributed by atoms with Crippen molar-refractivity contribution in [3.05, 3.63) is 77.4 Å². The van der Waals surface area contributed by atoms with Crippen molar-refractivity contribution >= 4 is 11.6 Å². The molecule has 3 aromatic rings. The Morgan fingerprint density at radius 1 is 1.06 bits per heavy atom. The number of nitrogens with zero attached hydrogens (tertiary/aromatic N) is 4. The van der Waals surface area contributed by atoms with Crippen LogP contribution in [-0.4, -0.2) is 53.6 Å². The number of amides is 1. The Morgan fingerprint density at radius 2 is 1.83 bits per heavy atom. The zero-order valence-corrected chi connectivity index (χ0v) is 19.5. The van der Waals surface area contributed by atoms with Crippen LogP contribution in [-0.2, 0) is 19.1 Å².